The Labute approximate surface area is 105 Å². The summed E-state index contributed by atoms with van der Waals surface area (Å²) in [7, 11) is 0. The summed E-state index contributed by atoms with van der Waals surface area (Å²) in [6.07, 6.45) is 1.02. The van der Waals surface area contributed by atoms with Gasteiger partial charge in [-0.2, -0.15) is 0 Å². The number of hydrogen-bond acceptors (Lipinski definition) is 2. The Bertz CT molecular complexity index is 388. The van der Waals surface area contributed by atoms with Crippen LogP contribution in [0.5, 0.6) is 0 Å². The van der Waals surface area contributed by atoms with Gasteiger partial charge in [0.2, 0.25) is 0 Å². The van der Waals surface area contributed by atoms with Crippen molar-refractivity contribution in [3.05, 3.63) is 29.3 Å². The van der Waals surface area contributed by atoms with E-state index in [2.05, 4.69) is 32.9 Å². The van der Waals surface area contributed by atoms with Crippen molar-refractivity contribution in [1.29, 1.82) is 0 Å². The Kier molecular flexibility index (Phi) is 3.88. The van der Waals surface area contributed by atoms with Crippen molar-refractivity contribution < 1.29 is 5.11 Å². The third-order valence-corrected chi connectivity index (χ3v) is 2.98. The largest absolute Gasteiger partial charge is 0.398 e. The Hall–Kier alpha value is -1.02. The van der Waals surface area contributed by atoms with Gasteiger partial charge < -0.3 is 10.8 Å². The maximum atomic E-state index is 9.44. The van der Waals surface area contributed by atoms with Gasteiger partial charge in [0, 0.05) is 11.1 Å². The first-order valence-electron chi connectivity index (χ1n) is 6.15. The van der Waals surface area contributed by atoms with E-state index in [4.69, 9.17) is 5.73 Å². The number of aliphatic hydroxyl groups is 1. The van der Waals surface area contributed by atoms with Crippen molar-refractivity contribution in [2.45, 2.75) is 46.5 Å². The minimum absolute atomic E-state index is 0.107. The molecule has 2 nitrogen and oxygen atoms in total. The van der Waals surface area contributed by atoms with Gasteiger partial charge in [-0.15, -0.1) is 0 Å². The lowest BCUT2D eigenvalue weighted by atomic mass is 9.81. The zero-order valence-electron chi connectivity index (χ0n) is 11.7. The van der Waals surface area contributed by atoms with Crippen LogP contribution in [0, 0.1) is 5.41 Å². The SMILES string of the molecule is CC(C)(C)Cc1ccc(N)c(C(C)(C)CO)c1. The summed E-state index contributed by atoms with van der Waals surface area (Å²) in [5.41, 5.74) is 9.07. The first-order chi connectivity index (χ1) is 7.65. The molecule has 0 aliphatic carbocycles. The van der Waals surface area contributed by atoms with E-state index >= 15 is 0 Å². The van der Waals surface area contributed by atoms with Crippen molar-refractivity contribution in [3.8, 4) is 0 Å². The fraction of sp³-hybridized carbons (Fsp3) is 0.600. The molecule has 0 spiro atoms. The fourth-order valence-corrected chi connectivity index (χ4v) is 2.00. The highest BCUT2D eigenvalue weighted by Crippen LogP contribution is 2.30. The topological polar surface area (TPSA) is 46.2 Å². The number of benzene rings is 1. The zero-order valence-corrected chi connectivity index (χ0v) is 11.7. The maximum absolute atomic E-state index is 9.44. The lowest BCUT2D eigenvalue weighted by Crippen LogP contribution is -2.24. The lowest BCUT2D eigenvalue weighted by molar-refractivity contribution is 0.219. The average molecular weight is 235 g/mol. The number of nitrogen functional groups attached to an aromatic ring is 1. The first-order valence-corrected chi connectivity index (χ1v) is 6.15. The van der Waals surface area contributed by atoms with E-state index in [0.29, 0.717) is 0 Å². The van der Waals surface area contributed by atoms with Crippen LogP contribution >= 0.6 is 0 Å². The van der Waals surface area contributed by atoms with Crippen LogP contribution in [-0.4, -0.2) is 11.7 Å². The molecule has 0 saturated heterocycles. The first kappa shape index (κ1) is 14.0. The van der Waals surface area contributed by atoms with Crippen LogP contribution in [0.4, 0.5) is 5.69 Å². The summed E-state index contributed by atoms with van der Waals surface area (Å²) in [5.74, 6) is 0. The summed E-state index contributed by atoms with van der Waals surface area (Å²) in [6.45, 7) is 10.8. The molecule has 0 radical (unpaired) electrons. The quantitative estimate of drug-likeness (QED) is 0.791. The summed E-state index contributed by atoms with van der Waals surface area (Å²) in [4.78, 5) is 0. The number of anilines is 1. The van der Waals surface area contributed by atoms with Crippen LogP contribution in [0.3, 0.4) is 0 Å². The normalized spacial score (nSPS) is 12.8. The number of aliphatic hydroxyl groups excluding tert-OH is 1. The average Bonchev–Trinajstić information content (AvgIpc) is 2.18. The van der Waals surface area contributed by atoms with E-state index < -0.39 is 0 Å². The predicted octanol–water partition coefficient (Wildman–Crippen LogP) is 3.13. The summed E-state index contributed by atoms with van der Waals surface area (Å²) in [6, 6.07) is 6.17. The van der Waals surface area contributed by atoms with Gasteiger partial charge >= 0.3 is 0 Å². The van der Waals surface area contributed by atoms with Gasteiger partial charge in [0.1, 0.15) is 0 Å². The highest BCUT2D eigenvalue weighted by Gasteiger charge is 2.23. The number of rotatable bonds is 3. The molecule has 0 atom stereocenters. The molecular formula is C15H25NO. The minimum atomic E-state index is -0.280. The zero-order chi connectivity index (χ0) is 13.3. The molecule has 96 valence electrons. The van der Waals surface area contributed by atoms with E-state index in [9.17, 15) is 5.11 Å². The van der Waals surface area contributed by atoms with E-state index in [-0.39, 0.29) is 17.4 Å². The molecule has 1 aromatic rings. The third kappa shape index (κ3) is 3.74. The van der Waals surface area contributed by atoms with Crippen molar-refractivity contribution in [2.75, 3.05) is 12.3 Å². The number of nitrogens with two attached hydrogens (primary N) is 1. The number of hydrogen-bond donors (Lipinski definition) is 2. The van der Waals surface area contributed by atoms with Crippen LogP contribution in [0.25, 0.3) is 0 Å². The lowest BCUT2D eigenvalue weighted by Gasteiger charge is -2.26. The van der Waals surface area contributed by atoms with Gasteiger partial charge in [-0.1, -0.05) is 46.8 Å². The van der Waals surface area contributed by atoms with E-state index in [1.54, 1.807) is 0 Å². The van der Waals surface area contributed by atoms with Crippen LogP contribution in [-0.2, 0) is 11.8 Å². The highest BCUT2D eigenvalue weighted by molar-refractivity contribution is 5.52. The molecule has 0 heterocycles. The second-order valence-electron chi connectivity index (χ2n) is 6.70. The van der Waals surface area contributed by atoms with Crippen LogP contribution < -0.4 is 5.73 Å². The molecule has 0 saturated carbocycles. The van der Waals surface area contributed by atoms with Gasteiger partial charge in [0.15, 0.2) is 0 Å². The van der Waals surface area contributed by atoms with Crippen molar-refractivity contribution >= 4 is 5.69 Å². The van der Waals surface area contributed by atoms with Gasteiger partial charge in [-0.05, 0) is 29.0 Å². The summed E-state index contributed by atoms with van der Waals surface area (Å²) in [5, 5.41) is 9.44. The minimum Gasteiger partial charge on any atom is -0.398 e. The van der Waals surface area contributed by atoms with Gasteiger partial charge in [-0.25, -0.2) is 0 Å². The smallest absolute Gasteiger partial charge is 0.0523 e. The van der Waals surface area contributed by atoms with Crippen molar-refractivity contribution in [2.24, 2.45) is 5.41 Å². The Morgan fingerprint density at radius 1 is 1.12 bits per heavy atom. The third-order valence-electron chi connectivity index (χ3n) is 2.98. The van der Waals surface area contributed by atoms with Crippen LogP contribution in [0.1, 0.15) is 45.7 Å². The summed E-state index contributed by atoms with van der Waals surface area (Å²) < 4.78 is 0. The maximum Gasteiger partial charge on any atom is 0.0523 e. The van der Waals surface area contributed by atoms with E-state index in [1.807, 2.05) is 19.9 Å². The Morgan fingerprint density at radius 3 is 2.18 bits per heavy atom. The molecule has 0 amide bonds. The van der Waals surface area contributed by atoms with Crippen molar-refractivity contribution in [3.63, 3.8) is 0 Å². The standard InChI is InChI=1S/C15H25NO/c1-14(2,3)9-11-6-7-13(16)12(8-11)15(4,5)10-17/h6-8,17H,9-10,16H2,1-5H3. The highest BCUT2D eigenvalue weighted by atomic mass is 16.3. The monoisotopic (exact) mass is 235 g/mol. The molecule has 2 heteroatoms. The molecular weight excluding hydrogens is 210 g/mol. The summed E-state index contributed by atoms with van der Waals surface area (Å²) >= 11 is 0. The van der Waals surface area contributed by atoms with Crippen LogP contribution in [0.15, 0.2) is 18.2 Å². The molecule has 0 fully saturated rings. The Morgan fingerprint density at radius 2 is 1.71 bits per heavy atom. The van der Waals surface area contributed by atoms with Crippen molar-refractivity contribution in [1.82, 2.24) is 0 Å². The molecule has 0 bridgehead atoms. The molecule has 0 aliphatic rings. The predicted molar refractivity (Wildman–Crippen MR) is 74.1 cm³/mol. The second-order valence-corrected chi connectivity index (χ2v) is 6.70. The van der Waals surface area contributed by atoms with E-state index in [1.165, 1.54) is 5.56 Å². The molecule has 1 aromatic carbocycles. The van der Waals surface area contributed by atoms with Gasteiger partial charge in [-0.3, -0.25) is 0 Å². The second kappa shape index (κ2) is 4.69. The van der Waals surface area contributed by atoms with Gasteiger partial charge in [0.25, 0.3) is 0 Å². The fourth-order valence-electron chi connectivity index (χ4n) is 2.00. The molecule has 0 aromatic heterocycles. The Balaban J connectivity index is 3.11. The van der Waals surface area contributed by atoms with Gasteiger partial charge in [0.05, 0.1) is 6.61 Å². The molecule has 0 aliphatic heterocycles. The van der Waals surface area contributed by atoms with Crippen LogP contribution in [0.2, 0.25) is 0 Å². The molecule has 17 heavy (non-hydrogen) atoms. The molecule has 1 rings (SSSR count). The molecule has 0 unspecified atom stereocenters. The van der Waals surface area contributed by atoms with E-state index in [0.717, 1.165) is 17.7 Å². The molecule has 3 N–H and O–H groups in total.